The van der Waals surface area contributed by atoms with Crippen LogP contribution in [0.3, 0.4) is 0 Å². The van der Waals surface area contributed by atoms with Crippen LogP contribution < -0.4 is 16.0 Å². The van der Waals surface area contributed by atoms with E-state index < -0.39 is 0 Å². The highest BCUT2D eigenvalue weighted by molar-refractivity contribution is 6.34. The largest absolute Gasteiger partial charge is 0.507 e. The van der Waals surface area contributed by atoms with E-state index in [9.17, 15) is 5.11 Å². The lowest BCUT2D eigenvalue weighted by atomic mass is 9.79. The highest BCUT2D eigenvalue weighted by Gasteiger charge is 2.39. The molecule has 0 bridgehead atoms. The van der Waals surface area contributed by atoms with Crippen molar-refractivity contribution in [3.63, 3.8) is 0 Å². The van der Waals surface area contributed by atoms with Crippen LogP contribution in [0.1, 0.15) is 46.1 Å². The molecular formula is C23H31ClN6O. The summed E-state index contributed by atoms with van der Waals surface area (Å²) >= 11 is 6.37. The third-order valence-corrected chi connectivity index (χ3v) is 6.05. The van der Waals surface area contributed by atoms with E-state index in [-0.39, 0.29) is 16.8 Å². The molecule has 1 fully saturated rings. The van der Waals surface area contributed by atoms with E-state index in [2.05, 4.69) is 48.1 Å². The van der Waals surface area contributed by atoms with E-state index in [1.807, 2.05) is 19.2 Å². The van der Waals surface area contributed by atoms with Gasteiger partial charge in [0.1, 0.15) is 5.75 Å². The predicted octanol–water partition coefficient (Wildman–Crippen LogP) is 4.20. The molecule has 0 atom stereocenters. The molecule has 8 heteroatoms. The smallest absolute Gasteiger partial charge is 0.151 e. The van der Waals surface area contributed by atoms with Gasteiger partial charge in [-0.15, -0.1) is 10.2 Å². The number of phenols is 1. The lowest BCUT2D eigenvalue weighted by Crippen LogP contribution is -2.62. The zero-order valence-corrected chi connectivity index (χ0v) is 19.5. The van der Waals surface area contributed by atoms with Crippen molar-refractivity contribution in [3.05, 3.63) is 41.1 Å². The second-order valence-corrected chi connectivity index (χ2v) is 9.87. The Morgan fingerprint density at radius 1 is 1.23 bits per heavy atom. The van der Waals surface area contributed by atoms with Gasteiger partial charge in [-0.3, -0.25) is 0 Å². The van der Waals surface area contributed by atoms with Crippen molar-refractivity contribution in [2.45, 2.75) is 57.7 Å². The summed E-state index contributed by atoms with van der Waals surface area (Å²) in [6.07, 6.45) is 4.37. The first kappa shape index (κ1) is 23.0. The summed E-state index contributed by atoms with van der Waals surface area (Å²) in [6.45, 7) is 8.90. The molecule has 7 nitrogen and oxygen atoms in total. The van der Waals surface area contributed by atoms with Gasteiger partial charge in [-0.05, 0) is 64.8 Å². The Morgan fingerprint density at radius 2 is 1.87 bits per heavy atom. The number of aromatic hydroxyl groups is 1. The highest BCUT2D eigenvalue weighted by Crippen LogP contribution is 2.36. The minimum absolute atomic E-state index is 0.00198. The van der Waals surface area contributed by atoms with E-state index in [1.165, 1.54) is 12.3 Å². The summed E-state index contributed by atoms with van der Waals surface area (Å²) in [5.74, 6) is 0.777. The number of allylic oxidation sites excluding steroid dienone is 1. The molecule has 1 aliphatic rings. The zero-order valence-electron chi connectivity index (χ0n) is 18.7. The normalized spacial score (nSPS) is 18.6. The topological polar surface area (TPSA) is 111 Å². The van der Waals surface area contributed by atoms with Crippen molar-refractivity contribution in [2.75, 3.05) is 11.9 Å². The predicted molar refractivity (Wildman–Crippen MR) is 128 cm³/mol. The summed E-state index contributed by atoms with van der Waals surface area (Å²) in [5, 5.41) is 30.8. The molecule has 0 unspecified atom stereocenters. The van der Waals surface area contributed by atoms with Crippen molar-refractivity contribution >= 4 is 29.2 Å². The number of nitrogens with two attached hydrogens (primary N) is 1. The molecule has 5 N–H and O–H groups in total. The molecule has 1 saturated heterocycles. The number of anilines is 1. The Kier molecular flexibility index (Phi) is 6.30. The number of halogens is 1. The SMILES string of the molecule is CN(c1ccc(-c2cc(Cl)c(/C(C=N)=C/N)cc2O)nn1)C1CC(C)(C)NC(C)(C)C1. The number of piperidine rings is 1. The first-order valence-electron chi connectivity index (χ1n) is 10.3. The Hall–Kier alpha value is -2.64. The van der Waals surface area contributed by atoms with Crippen LogP contribution in [0.4, 0.5) is 5.82 Å². The Bertz CT molecular complexity index is 984. The number of nitrogens with zero attached hydrogens (tertiary/aromatic N) is 3. The van der Waals surface area contributed by atoms with Gasteiger partial charge in [-0.2, -0.15) is 0 Å². The van der Waals surface area contributed by atoms with Gasteiger partial charge < -0.3 is 26.5 Å². The molecule has 0 radical (unpaired) electrons. The lowest BCUT2D eigenvalue weighted by Gasteiger charge is -2.49. The van der Waals surface area contributed by atoms with Gasteiger partial charge in [0.15, 0.2) is 5.82 Å². The summed E-state index contributed by atoms with van der Waals surface area (Å²) in [6, 6.07) is 7.18. The lowest BCUT2D eigenvalue weighted by molar-refractivity contribution is 0.160. The number of hydrogen-bond acceptors (Lipinski definition) is 7. The Labute approximate surface area is 188 Å². The monoisotopic (exact) mass is 442 g/mol. The number of benzene rings is 1. The number of hydrogen-bond donors (Lipinski definition) is 4. The summed E-state index contributed by atoms with van der Waals surface area (Å²) < 4.78 is 0. The molecule has 2 aromatic rings. The van der Waals surface area contributed by atoms with Gasteiger partial charge >= 0.3 is 0 Å². The van der Waals surface area contributed by atoms with Crippen LogP contribution in [0.15, 0.2) is 30.5 Å². The molecule has 0 amide bonds. The van der Waals surface area contributed by atoms with Gasteiger partial charge in [0, 0.05) is 58.3 Å². The van der Waals surface area contributed by atoms with Crippen LogP contribution in [0, 0.1) is 5.41 Å². The number of phenolic OH excluding ortho intramolecular Hbond substituents is 1. The Balaban J connectivity index is 1.87. The molecule has 0 spiro atoms. The molecular weight excluding hydrogens is 412 g/mol. The van der Waals surface area contributed by atoms with Crippen LogP contribution in [-0.2, 0) is 0 Å². The second-order valence-electron chi connectivity index (χ2n) is 9.46. The molecule has 166 valence electrons. The highest BCUT2D eigenvalue weighted by atomic mass is 35.5. The molecule has 31 heavy (non-hydrogen) atoms. The molecule has 0 saturated carbocycles. The van der Waals surface area contributed by atoms with Crippen molar-refractivity contribution in [1.29, 1.82) is 5.41 Å². The third kappa shape index (κ3) is 4.99. The fourth-order valence-electron chi connectivity index (χ4n) is 4.59. The van der Waals surface area contributed by atoms with Crippen LogP contribution in [0.25, 0.3) is 16.8 Å². The summed E-state index contributed by atoms with van der Waals surface area (Å²) in [4.78, 5) is 2.18. The number of aromatic nitrogens is 2. The first-order valence-corrected chi connectivity index (χ1v) is 10.7. The minimum atomic E-state index is -0.00198. The van der Waals surface area contributed by atoms with Crippen molar-refractivity contribution < 1.29 is 5.11 Å². The molecule has 0 aliphatic carbocycles. The van der Waals surface area contributed by atoms with Crippen molar-refractivity contribution in [2.24, 2.45) is 5.73 Å². The van der Waals surface area contributed by atoms with E-state index in [0.717, 1.165) is 24.9 Å². The van der Waals surface area contributed by atoms with Gasteiger partial charge in [-0.1, -0.05) is 11.6 Å². The van der Waals surface area contributed by atoms with E-state index in [0.29, 0.717) is 33.5 Å². The van der Waals surface area contributed by atoms with Crippen molar-refractivity contribution in [3.8, 4) is 17.0 Å². The maximum atomic E-state index is 10.5. The van der Waals surface area contributed by atoms with Crippen molar-refractivity contribution in [1.82, 2.24) is 15.5 Å². The van der Waals surface area contributed by atoms with Gasteiger partial charge in [-0.25, -0.2) is 0 Å². The zero-order chi connectivity index (χ0) is 23.0. The van der Waals surface area contributed by atoms with Crippen LogP contribution >= 0.6 is 11.6 Å². The second kappa shape index (κ2) is 8.48. The third-order valence-electron chi connectivity index (χ3n) is 5.74. The maximum Gasteiger partial charge on any atom is 0.151 e. The van der Waals surface area contributed by atoms with Crippen LogP contribution in [0.5, 0.6) is 5.75 Å². The van der Waals surface area contributed by atoms with Gasteiger partial charge in [0.05, 0.1) is 5.69 Å². The van der Waals surface area contributed by atoms with Crippen LogP contribution in [-0.4, -0.2) is 45.7 Å². The number of rotatable bonds is 5. The minimum Gasteiger partial charge on any atom is -0.507 e. The van der Waals surface area contributed by atoms with Gasteiger partial charge in [0.2, 0.25) is 0 Å². The first-order chi connectivity index (χ1) is 14.5. The molecule has 1 aromatic carbocycles. The van der Waals surface area contributed by atoms with E-state index in [1.54, 1.807) is 6.07 Å². The van der Waals surface area contributed by atoms with E-state index >= 15 is 0 Å². The fraction of sp³-hybridized carbons (Fsp3) is 0.435. The molecule has 2 heterocycles. The standard InChI is InChI=1S/C23H31ClN6O/c1-22(2)10-15(11-23(3,4)29-22)30(5)21-7-6-19(27-28-21)17-8-18(24)16(9-20(17)31)14(12-25)13-26/h6-9,12-13,15,25,29,31H,10-11,26H2,1-5H3/b14-13+,25-12?. The van der Waals surface area contributed by atoms with E-state index in [4.69, 9.17) is 22.7 Å². The maximum absolute atomic E-state index is 10.5. The molecule has 1 aromatic heterocycles. The molecule has 1 aliphatic heterocycles. The average Bonchev–Trinajstić information content (AvgIpc) is 2.68. The van der Waals surface area contributed by atoms with Gasteiger partial charge in [0.25, 0.3) is 0 Å². The number of nitrogens with one attached hydrogen (secondary N) is 2. The van der Waals surface area contributed by atoms with Crippen LogP contribution in [0.2, 0.25) is 5.02 Å². The quantitative estimate of drug-likeness (QED) is 0.516. The summed E-state index contributed by atoms with van der Waals surface area (Å²) in [5.41, 5.74) is 7.50. The Morgan fingerprint density at radius 3 is 2.39 bits per heavy atom. The molecule has 3 rings (SSSR count). The average molecular weight is 443 g/mol. The fourth-order valence-corrected chi connectivity index (χ4v) is 4.86. The summed E-state index contributed by atoms with van der Waals surface area (Å²) in [7, 11) is 2.05.